The number of fused-ring (bicyclic) bond motifs is 6. The van der Waals surface area contributed by atoms with E-state index in [1.54, 1.807) is 31.2 Å². The molecule has 1 spiro atoms. The highest BCUT2D eigenvalue weighted by atomic mass is 16.7. The van der Waals surface area contributed by atoms with E-state index in [2.05, 4.69) is 10.6 Å². The number of aliphatic hydroxyl groups is 2. The van der Waals surface area contributed by atoms with Crippen molar-refractivity contribution < 1.29 is 68.0 Å². The van der Waals surface area contributed by atoms with E-state index in [4.69, 9.17) is 33.2 Å². The first-order valence-electron chi connectivity index (χ1n) is 17.0. The molecule has 7 rings (SSSR count). The van der Waals surface area contributed by atoms with Gasteiger partial charge in [-0.15, -0.1) is 0 Å². The van der Waals surface area contributed by atoms with Gasteiger partial charge in [-0.25, -0.2) is 4.79 Å². The Kier molecular flexibility index (Phi) is 9.79. The first kappa shape index (κ1) is 36.5. The van der Waals surface area contributed by atoms with Gasteiger partial charge in [-0.3, -0.25) is 9.59 Å². The molecule has 0 saturated carbocycles. The Morgan fingerprint density at radius 3 is 2.19 bits per heavy atom. The van der Waals surface area contributed by atoms with Crippen LogP contribution in [0.25, 0.3) is 0 Å². The third-order valence-corrected chi connectivity index (χ3v) is 10.1. The highest BCUT2D eigenvalue weighted by molar-refractivity contribution is 6.00. The summed E-state index contributed by atoms with van der Waals surface area (Å²) in [7, 11) is 2.72. The topological polar surface area (TPSA) is 221 Å². The lowest BCUT2D eigenvalue weighted by Gasteiger charge is -2.47. The van der Waals surface area contributed by atoms with Crippen LogP contribution in [0.15, 0.2) is 54.6 Å². The number of nitrogens with one attached hydrogen (secondary N) is 2. The lowest BCUT2D eigenvalue weighted by Crippen LogP contribution is -2.64. The van der Waals surface area contributed by atoms with E-state index in [1.807, 2.05) is 0 Å². The zero-order chi connectivity index (χ0) is 37.8. The van der Waals surface area contributed by atoms with Crippen LogP contribution in [-0.4, -0.2) is 108 Å². The van der Waals surface area contributed by atoms with Gasteiger partial charge in [0.05, 0.1) is 30.5 Å². The summed E-state index contributed by atoms with van der Waals surface area (Å²) in [6, 6.07) is 12.7. The van der Waals surface area contributed by atoms with Crippen LogP contribution in [0, 0.1) is 5.92 Å². The number of aliphatic hydroxyl groups excluding tert-OH is 2. The van der Waals surface area contributed by atoms with E-state index in [9.17, 15) is 34.8 Å². The van der Waals surface area contributed by atoms with Crippen LogP contribution in [0.4, 0.5) is 5.69 Å². The number of benzene rings is 3. The van der Waals surface area contributed by atoms with Crippen molar-refractivity contribution in [1.82, 2.24) is 5.32 Å². The van der Waals surface area contributed by atoms with Crippen LogP contribution in [0.1, 0.15) is 47.3 Å². The van der Waals surface area contributed by atoms with E-state index in [1.165, 1.54) is 51.5 Å². The van der Waals surface area contributed by atoms with E-state index < -0.39 is 72.5 Å². The molecule has 16 heteroatoms. The first-order valence-corrected chi connectivity index (χ1v) is 17.0. The first-order chi connectivity index (χ1) is 25.4. The zero-order valence-electron chi connectivity index (χ0n) is 29.2. The van der Waals surface area contributed by atoms with Crippen LogP contribution in [0.3, 0.4) is 0 Å². The number of amides is 2. The summed E-state index contributed by atoms with van der Waals surface area (Å²) in [5, 5.41) is 47.0. The molecule has 9 atom stereocenters. The summed E-state index contributed by atoms with van der Waals surface area (Å²) in [4.78, 5) is 39.6. The molecule has 4 aliphatic heterocycles. The predicted octanol–water partition coefficient (Wildman–Crippen LogP) is 1.98. The summed E-state index contributed by atoms with van der Waals surface area (Å²) < 4.78 is 41.3. The van der Waals surface area contributed by atoms with Crippen LogP contribution in [0.5, 0.6) is 23.0 Å². The standard InChI is InChI=1S/C37H40N2O14/c1-16-28(15-40)50-36(48-4)30(38-17(2)41)31(16)51-29-14-25(44)32(47-3)33(52-29)34(45)39-18-5-8-22-21(11-18)35(46)53-37(22)23-9-6-19(42)12-26(23)49-27-13-20(43)7-10-24(27)37/h5-13,16,25,28-33,36,40,42-44H,14-15H2,1-4H3,(H,38,41)(H,39,45). The minimum absolute atomic E-state index is 0.0782. The van der Waals surface area contributed by atoms with Gasteiger partial charge in [0.25, 0.3) is 5.91 Å². The molecule has 2 saturated heterocycles. The molecule has 3 aromatic rings. The summed E-state index contributed by atoms with van der Waals surface area (Å²) in [5.41, 5.74) is 0.176. The second kappa shape index (κ2) is 14.2. The van der Waals surface area contributed by atoms with Crippen LogP contribution in [0.2, 0.25) is 0 Å². The molecule has 2 fully saturated rings. The highest BCUT2D eigenvalue weighted by Crippen LogP contribution is 2.57. The van der Waals surface area contributed by atoms with Gasteiger partial charge in [-0.05, 0) is 36.4 Å². The molecule has 4 aliphatic rings. The van der Waals surface area contributed by atoms with Crippen LogP contribution < -0.4 is 15.4 Å². The number of carbonyl (C=O) groups excluding carboxylic acids is 3. The number of esters is 1. The Hall–Kier alpha value is -4.81. The number of hydrogen-bond acceptors (Lipinski definition) is 14. The molecular formula is C37H40N2O14. The minimum atomic E-state index is -1.49. The molecule has 9 unspecified atom stereocenters. The van der Waals surface area contributed by atoms with Crippen LogP contribution >= 0.6 is 0 Å². The lowest BCUT2D eigenvalue weighted by atomic mass is 9.77. The number of rotatable bonds is 8. The molecule has 2 amide bonds. The number of carbonyl (C=O) groups is 3. The van der Waals surface area contributed by atoms with E-state index in [0.29, 0.717) is 16.7 Å². The van der Waals surface area contributed by atoms with Gasteiger partial charge in [0.1, 0.15) is 35.1 Å². The molecule has 0 aromatic heterocycles. The van der Waals surface area contributed by atoms with Gasteiger partial charge in [0.2, 0.25) is 5.91 Å². The highest BCUT2D eigenvalue weighted by Gasteiger charge is 2.54. The Morgan fingerprint density at radius 1 is 0.925 bits per heavy atom. The van der Waals surface area contributed by atoms with Crippen molar-refractivity contribution in [3.63, 3.8) is 0 Å². The second-order valence-electron chi connectivity index (χ2n) is 13.4. The monoisotopic (exact) mass is 736 g/mol. The molecular weight excluding hydrogens is 696 g/mol. The Labute approximate surface area is 303 Å². The number of anilines is 1. The number of phenols is 2. The van der Waals surface area contributed by atoms with E-state index >= 15 is 0 Å². The maximum atomic E-state index is 13.9. The zero-order valence-corrected chi connectivity index (χ0v) is 29.2. The number of aromatic hydroxyl groups is 2. The third-order valence-electron chi connectivity index (χ3n) is 10.1. The molecule has 0 aliphatic carbocycles. The van der Waals surface area contributed by atoms with Crippen molar-refractivity contribution in [1.29, 1.82) is 0 Å². The normalized spacial score (nSPS) is 29.6. The van der Waals surface area contributed by atoms with Gasteiger partial charge in [-0.1, -0.05) is 13.0 Å². The maximum absolute atomic E-state index is 13.9. The van der Waals surface area contributed by atoms with Gasteiger partial charge in [-0.2, -0.15) is 0 Å². The van der Waals surface area contributed by atoms with Crippen LogP contribution in [-0.2, 0) is 43.6 Å². The molecule has 3 aromatic carbocycles. The average Bonchev–Trinajstić information content (AvgIpc) is 3.40. The van der Waals surface area contributed by atoms with E-state index in [0.717, 1.165) is 0 Å². The van der Waals surface area contributed by atoms with Crippen molar-refractivity contribution in [3.05, 3.63) is 76.9 Å². The van der Waals surface area contributed by atoms with Gasteiger partial charge in [0.15, 0.2) is 24.3 Å². The predicted molar refractivity (Wildman–Crippen MR) is 181 cm³/mol. The third kappa shape index (κ3) is 6.35. The molecule has 6 N–H and O–H groups in total. The summed E-state index contributed by atoms with van der Waals surface area (Å²) in [5.74, 6) is -1.97. The smallest absolute Gasteiger partial charge is 0.340 e. The summed E-state index contributed by atoms with van der Waals surface area (Å²) in [6.07, 6.45) is -7.45. The maximum Gasteiger partial charge on any atom is 0.340 e. The SMILES string of the molecule is COC1OC(CO)C(C)C(OC2CC(O)C(OC)C(C(=O)Nc3ccc4c(c3)C(=O)OC43c4ccc(O)cc4Oc4cc(O)ccc43)O2)C1NC(C)=O. The number of phenolic OH excluding ortho intramolecular Hbond substituents is 2. The molecule has 4 heterocycles. The number of ether oxygens (including phenoxy) is 7. The Morgan fingerprint density at radius 2 is 1.58 bits per heavy atom. The van der Waals surface area contributed by atoms with Gasteiger partial charge >= 0.3 is 5.97 Å². The Balaban J connectivity index is 1.16. The van der Waals surface area contributed by atoms with Crippen molar-refractivity contribution in [2.45, 2.75) is 75.0 Å². The van der Waals surface area contributed by atoms with Gasteiger partial charge in [0, 0.05) is 68.0 Å². The molecule has 53 heavy (non-hydrogen) atoms. The van der Waals surface area contributed by atoms with Crippen molar-refractivity contribution in [2.75, 3.05) is 26.1 Å². The fraction of sp³-hybridized carbons (Fsp3) is 0.432. The molecule has 0 radical (unpaired) electrons. The van der Waals surface area contributed by atoms with Crippen molar-refractivity contribution in [3.8, 4) is 23.0 Å². The molecule has 0 bridgehead atoms. The number of hydrogen-bond donors (Lipinski definition) is 6. The van der Waals surface area contributed by atoms with Crippen molar-refractivity contribution >= 4 is 23.5 Å². The summed E-state index contributed by atoms with van der Waals surface area (Å²) >= 11 is 0. The van der Waals surface area contributed by atoms with E-state index in [-0.39, 0.29) is 53.2 Å². The number of methoxy groups -OCH3 is 2. The van der Waals surface area contributed by atoms with Gasteiger partial charge < -0.3 is 64.2 Å². The molecule has 16 nitrogen and oxygen atoms in total. The largest absolute Gasteiger partial charge is 0.508 e. The Bertz CT molecular complexity index is 1870. The fourth-order valence-electron chi connectivity index (χ4n) is 7.66. The summed E-state index contributed by atoms with van der Waals surface area (Å²) in [6.45, 7) is 2.74. The van der Waals surface area contributed by atoms with Crippen molar-refractivity contribution in [2.24, 2.45) is 5.92 Å². The lowest BCUT2D eigenvalue weighted by molar-refractivity contribution is -0.305. The fourth-order valence-corrected chi connectivity index (χ4v) is 7.66. The average molecular weight is 737 g/mol. The quantitative estimate of drug-likeness (QED) is 0.182. The second-order valence-corrected chi connectivity index (χ2v) is 13.4. The molecule has 282 valence electrons. The minimum Gasteiger partial charge on any atom is -0.508 e.